The van der Waals surface area contributed by atoms with E-state index in [9.17, 15) is 0 Å². The molecule has 1 unspecified atom stereocenters. The second-order valence-corrected chi connectivity index (χ2v) is 5.28. The predicted octanol–water partition coefficient (Wildman–Crippen LogP) is 2.22. The first-order valence-electron chi connectivity index (χ1n) is 6.77. The maximum Gasteiger partial charge on any atom is 0.0468 e. The number of hydrogen-bond donors (Lipinski definition) is 1. The molecule has 2 N–H and O–H groups in total. The van der Waals surface area contributed by atoms with Crippen molar-refractivity contribution in [1.29, 1.82) is 0 Å². The fourth-order valence-corrected chi connectivity index (χ4v) is 2.74. The van der Waals surface area contributed by atoms with Crippen molar-refractivity contribution in [1.82, 2.24) is 0 Å². The Bertz CT molecular complexity index is 355. The van der Waals surface area contributed by atoms with Crippen LogP contribution in [0, 0.1) is 5.92 Å². The summed E-state index contributed by atoms with van der Waals surface area (Å²) in [6, 6.07) is 8.80. The van der Waals surface area contributed by atoms with Crippen LogP contribution >= 0.6 is 0 Å². The average molecular weight is 248 g/mol. The molecule has 0 amide bonds. The molecule has 1 aliphatic rings. The van der Waals surface area contributed by atoms with Crippen LogP contribution in [0.2, 0.25) is 0 Å². The molecule has 1 aromatic rings. The Labute approximate surface area is 110 Å². The van der Waals surface area contributed by atoms with Crippen LogP contribution in [-0.2, 0) is 4.74 Å². The highest BCUT2D eigenvalue weighted by atomic mass is 16.5. The van der Waals surface area contributed by atoms with Crippen LogP contribution in [0.4, 0.5) is 5.69 Å². The second kappa shape index (κ2) is 6.21. The van der Waals surface area contributed by atoms with E-state index in [-0.39, 0.29) is 0 Å². The third-order valence-electron chi connectivity index (χ3n) is 3.93. The standard InChI is InChI=1S/C15H24N2O/c1-17(2)14-5-3-12(4-6-14)15(11-16)13-7-9-18-10-8-13/h3-6,13,15H,7-11,16H2,1-2H3. The van der Waals surface area contributed by atoms with Crippen molar-refractivity contribution in [2.24, 2.45) is 11.7 Å². The Hall–Kier alpha value is -1.06. The van der Waals surface area contributed by atoms with Gasteiger partial charge in [0.25, 0.3) is 0 Å². The molecule has 0 aliphatic carbocycles. The minimum Gasteiger partial charge on any atom is -0.381 e. The molecule has 18 heavy (non-hydrogen) atoms. The van der Waals surface area contributed by atoms with Crippen LogP contribution in [0.25, 0.3) is 0 Å². The van der Waals surface area contributed by atoms with Crippen molar-refractivity contribution >= 4 is 5.69 Å². The van der Waals surface area contributed by atoms with Gasteiger partial charge in [-0.1, -0.05) is 12.1 Å². The van der Waals surface area contributed by atoms with E-state index in [1.807, 2.05) is 0 Å². The summed E-state index contributed by atoms with van der Waals surface area (Å²) in [5.41, 5.74) is 8.59. The van der Waals surface area contributed by atoms with Crippen LogP contribution in [0.15, 0.2) is 24.3 Å². The largest absolute Gasteiger partial charge is 0.381 e. The van der Waals surface area contributed by atoms with Gasteiger partial charge in [0.05, 0.1) is 0 Å². The van der Waals surface area contributed by atoms with E-state index in [1.54, 1.807) is 0 Å². The van der Waals surface area contributed by atoms with Gasteiger partial charge in [-0.2, -0.15) is 0 Å². The molecule has 0 radical (unpaired) electrons. The van der Waals surface area contributed by atoms with E-state index >= 15 is 0 Å². The molecule has 0 aromatic heterocycles. The van der Waals surface area contributed by atoms with Gasteiger partial charge in [-0.15, -0.1) is 0 Å². The van der Waals surface area contributed by atoms with Gasteiger partial charge < -0.3 is 15.4 Å². The first-order valence-corrected chi connectivity index (χ1v) is 6.77. The van der Waals surface area contributed by atoms with Crippen molar-refractivity contribution in [2.45, 2.75) is 18.8 Å². The number of nitrogens with zero attached hydrogens (tertiary/aromatic N) is 1. The third kappa shape index (κ3) is 3.03. The number of hydrogen-bond acceptors (Lipinski definition) is 3. The molecule has 0 bridgehead atoms. The monoisotopic (exact) mass is 248 g/mol. The number of anilines is 1. The summed E-state index contributed by atoms with van der Waals surface area (Å²) in [6.45, 7) is 2.50. The Balaban J connectivity index is 2.11. The Kier molecular flexibility index (Phi) is 4.61. The first kappa shape index (κ1) is 13.4. The SMILES string of the molecule is CN(C)c1ccc(C(CN)C2CCOCC2)cc1. The molecule has 1 saturated heterocycles. The Morgan fingerprint density at radius 2 is 1.83 bits per heavy atom. The molecular formula is C15H24N2O. The molecule has 100 valence electrons. The zero-order valence-electron chi connectivity index (χ0n) is 11.4. The van der Waals surface area contributed by atoms with Gasteiger partial charge in [0.1, 0.15) is 0 Å². The average Bonchev–Trinajstić information content (AvgIpc) is 2.41. The topological polar surface area (TPSA) is 38.5 Å². The number of nitrogens with two attached hydrogens (primary N) is 1. The summed E-state index contributed by atoms with van der Waals surface area (Å²) in [5.74, 6) is 1.15. The van der Waals surface area contributed by atoms with Gasteiger partial charge in [-0.25, -0.2) is 0 Å². The third-order valence-corrected chi connectivity index (χ3v) is 3.93. The molecule has 3 heteroatoms. The van der Waals surface area contributed by atoms with Gasteiger partial charge >= 0.3 is 0 Å². The second-order valence-electron chi connectivity index (χ2n) is 5.28. The lowest BCUT2D eigenvalue weighted by atomic mass is 9.81. The van der Waals surface area contributed by atoms with Gasteiger partial charge in [0.2, 0.25) is 0 Å². The van der Waals surface area contributed by atoms with Crippen molar-refractivity contribution in [3.8, 4) is 0 Å². The van der Waals surface area contributed by atoms with E-state index in [1.165, 1.54) is 11.3 Å². The van der Waals surface area contributed by atoms with Gasteiger partial charge in [-0.05, 0) is 48.9 Å². The molecular weight excluding hydrogens is 224 g/mol. The Morgan fingerprint density at radius 3 is 2.33 bits per heavy atom. The van der Waals surface area contributed by atoms with Crippen LogP contribution in [-0.4, -0.2) is 33.9 Å². The maximum absolute atomic E-state index is 5.98. The van der Waals surface area contributed by atoms with Crippen molar-refractivity contribution in [3.63, 3.8) is 0 Å². The fraction of sp³-hybridized carbons (Fsp3) is 0.600. The number of rotatable bonds is 4. The van der Waals surface area contributed by atoms with E-state index in [2.05, 4.69) is 43.3 Å². The quantitative estimate of drug-likeness (QED) is 0.888. The van der Waals surface area contributed by atoms with E-state index in [4.69, 9.17) is 10.5 Å². The lowest BCUT2D eigenvalue weighted by Crippen LogP contribution is -2.27. The minimum absolute atomic E-state index is 0.477. The van der Waals surface area contributed by atoms with Crippen molar-refractivity contribution in [3.05, 3.63) is 29.8 Å². The first-order chi connectivity index (χ1) is 8.72. The maximum atomic E-state index is 5.98. The fourth-order valence-electron chi connectivity index (χ4n) is 2.74. The molecule has 0 spiro atoms. The van der Waals surface area contributed by atoms with Crippen LogP contribution < -0.4 is 10.6 Å². The summed E-state index contributed by atoms with van der Waals surface area (Å²) in [5, 5.41) is 0. The number of benzene rings is 1. The molecule has 1 heterocycles. The van der Waals surface area contributed by atoms with E-state index in [0.717, 1.165) is 32.6 Å². The lowest BCUT2D eigenvalue weighted by molar-refractivity contribution is 0.0586. The zero-order valence-corrected chi connectivity index (χ0v) is 11.4. The normalized spacial score (nSPS) is 18.6. The van der Waals surface area contributed by atoms with Crippen LogP contribution in [0.3, 0.4) is 0 Å². The van der Waals surface area contributed by atoms with Crippen molar-refractivity contribution in [2.75, 3.05) is 38.8 Å². The molecule has 3 nitrogen and oxygen atoms in total. The molecule has 1 fully saturated rings. The van der Waals surface area contributed by atoms with Crippen LogP contribution in [0.1, 0.15) is 24.3 Å². The minimum atomic E-state index is 0.477. The Morgan fingerprint density at radius 1 is 1.22 bits per heavy atom. The predicted molar refractivity (Wildman–Crippen MR) is 76.1 cm³/mol. The summed E-state index contributed by atoms with van der Waals surface area (Å²) < 4.78 is 5.43. The summed E-state index contributed by atoms with van der Waals surface area (Å²) in [6.07, 6.45) is 2.27. The molecule has 0 saturated carbocycles. The molecule has 2 rings (SSSR count). The highest BCUT2D eigenvalue weighted by molar-refractivity contribution is 5.46. The van der Waals surface area contributed by atoms with Gasteiger partial charge in [0, 0.05) is 33.0 Å². The lowest BCUT2D eigenvalue weighted by Gasteiger charge is -2.30. The van der Waals surface area contributed by atoms with Crippen molar-refractivity contribution < 1.29 is 4.74 Å². The molecule has 1 aliphatic heterocycles. The smallest absolute Gasteiger partial charge is 0.0468 e. The summed E-state index contributed by atoms with van der Waals surface area (Å²) >= 11 is 0. The van der Waals surface area contributed by atoms with E-state index < -0.39 is 0 Å². The number of ether oxygens (including phenoxy) is 1. The summed E-state index contributed by atoms with van der Waals surface area (Å²) in [4.78, 5) is 2.12. The highest BCUT2D eigenvalue weighted by Crippen LogP contribution is 2.32. The van der Waals surface area contributed by atoms with Gasteiger partial charge in [0.15, 0.2) is 0 Å². The zero-order chi connectivity index (χ0) is 13.0. The highest BCUT2D eigenvalue weighted by Gasteiger charge is 2.24. The molecule has 1 atom stereocenters. The summed E-state index contributed by atoms with van der Waals surface area (Å²) in [7, 11) is 4.13. The molecule has 1 aromatic carbocycles. The van der Waals surface area contributed by atoms with Crippen LogP contribution in [0.5, 0.6) is 0 Å². The van der Waals surface area contributed by atoms with Gasteiger partial charge in [-0.3, -0.25) is 0 Å². The van der Waals surface area contributed by atoms with E-state index in [0.29, 0.717) is 11.8 Å².